The Morgan fingerprint density at radius 3 is 2.07 bits per heavy atom. The number of benzene rings is 2. The normalized spacial score (nSPS) is 13.8. The number of ether oxygens (including phenoxy) is 2. The number of hydrogen-bond donors (Lipinski definition) is 3. The van der Waals surface area contributed by atoms with E-state index in [-0.39, 0.29) is 11.8 Å². The van der Waals surface area contributed by atoms with Crippen LogP contribution >= 0.6 is 0 Å². The minimum absolute atomic E-state index is 0.0710. The Morgan fingerprint density at radius 2 is 1.50 bits per heavy atom. The second kappa shape index (κ2) is 9.23. The first-order valence-electron chi connectivity index (χ1n) is 9.36. The molecule has 0 bridgehead atoms. The molecule has 2 amide bonds. The molecule has 0 spiro atoms. The first-order valence-corrected chi connectivity index (χ1v) is 9.36. The van der Waals surface area contributed by atoms with Gasteiger partial charge in [0.2, 0.25) is 0 Å². The quantitative estimate of drug-likeness (QED) is 0.677. The van der Waals surface area contributed by atoms with E-state index < -0.39 is 0 Å². The monoisotopic (exact) mass is 384 g/mol. The summed E-state index contributed by atoms with van der Waals surface area (Å²) in [4.78, 5) is 26.1. The molecule has 1 saturated heterocycles. The molecule has 2 aromatic carbocycles. The van der Waals surface area contributed by atoms with Gasteiger partial charge in [0.1, 0.15) is 11.5 Å². The third-order valence-corrected chi connectivity index (χ3v) is 4.80. The summed E-state index contributed by atoms with van der Waals surface area (Å²) in [6.07, 6.45) is 2.32. The van der Waals surface area contributed by atoms with Gasteiger partial charge in [0.25, 0.3) is 11.8 Å². The molecule has 3 rings (SSSR count). The minimum Gasteiger partial charge on any atom is -0.494 e. The Hall–Kier alpha value is -3.06. The van der Waals surface area contributed by atoms with Crippen LogP contribution in [0.15, 0.2) is 42.5 Å². The number of anilines is 2. The Kier molecular flexibility index (Phi) is 6.49. The Balaban J connectivity index is 1.77. The van der Waals surface area contributed by atoms with Gasteiger partial charge in [-0.3, -0.25) is 9.59 Å². The molecule has 0 radical (unpaired) electrons. The zero-order valence-electron chi connectivity index (χ0n) is 16.2. The molecule has 2 aromatic rings. The van der Waals surface area contributed by atoms with E-state index in [9.17, 15) is 9.59 Å². The standard InChI is InChI=1S/C21H25N3O4/c1-27-18-13-17(23-21(26)15-8-4-3-5-9-15)19(28-2)12-16(18)22-20(25)14-24-10-6-7-11-24/h3-5,8-9,12-13H,6-7,10-11,14H2,1-2H3,(H,22,25)(H,23,26)/p+1. The van der Waals surface area contributed by atoms with E-state index in [1.807, 2.05) is 6.07 Å². The van der Waals surface area contributed by atoms with Crippen LogP contribution in [-0.4, -0.2) is 45.7 Å². The maximum Gasteiger partial charge on any atom is 0.279 e. The van der Waals surface area contributed by atoms with Gasteiger partial charge in [-0.25, -0.2) is 0 Å². The van der Waals surface area contributed by atoms with Crippen molar-refractivity contribution in [2.75, 3.05) is 44.5 Å². The molecule has 148 valence electrons. The van der Waals surface area contributed by atoms with Crippen LogP contribution < -0.4 is 25.0 Å². The number of amides is 2. The van der Waals surface area contributed by atoms with Crippen molar-refractivity contribution in [3.8, 4) is 11.5 Å². The molecule has 0 atom stereocenters. The summed E-state index contributed by atoms with van der Waals surface area (Å²) in [7, 11) is 3.03. The van der Waals surface area contributed by atoms with Gasteiger partial charge in [-0.1, -0.05) is 18.2 Å². The van der Waals surface area contributed by atoms with Gasteiger partial charge in [0, 0.05) is 30.5 Å². The molecule has 28 heavy (non-hydrogen) atoms. The van der Waals surface area contributed by atoms with Gasteiger partial charge in [-0.05, 0) is 12.1 Å². The van der Waals surface area contributed by atoms with Crippen molar-refractivity contribution in [1.82, 2.24) is 0 Å². The van der Waals surface area contributed by atoms with Crippen molar-refractivity contribution < 1.29 is 24.0 Å². The van der Waals surface area contributed by atoms with Gasteiger partial charge in [0.05, 0.1) is 38.7 Å². The van der Waals surface area contributed by atoms with Crippen LogP contribution in [0.1, 0.15) is 23.2 Å². The number of nitrogens with one attached hydrogen (secondary N) is 3. The highest BCUT2D eigenvalue weighted by atomic mass is 16.5. The predicted octanol–water partition coefficient (Wildman–Crippen LogP) is 1.57. The van der Waals surface area contributed by atoms with Gasteiger partial charge in [-0.2, -0.15) is 0 Å². The van der Waals surface area contributed by atoms with Crippen LogP contribution in [0.2, 0.25) is 0 Å². The molecule has 1 heterocycles. The molecule has 1 aliphatic rings. The maximum atomic E-state index is 12.5. The SMILES string of the molecule is COc1cc(NC(=O)c2ccccc2)c(OC)cc1NC(=O)C[NH+]1CCCC1. The third kappa shape index (κ3) is 4.80. The van der Waals surface area contributed by atoms with E-state index >= 15 is 0 Å². The average Bonchev–Trinajstić information content (AvgIpc) is 3.22. The predicted molar refractivity (Wildman–Crippen MR) is 107 cm³/mol. The number of quaternary nitrogens is 1. The largest absolute Gasteiger partial charge is 0.494 e. The van der Waals surface area contributed by atoms with Crippen LogP contribution in [0.25, 0.3) is 0 Å². The number of likely N-dealkylation sites (tertiary alicyclic amines) is 1. The molecular weight excluding hydrogens is 358 g/mol. The fourth-order valence-electron chi connectivity index (χ4n) is 3.35. The lowest BCUT2D eigenvalue weighted by Crippen LogP contribution is -3.11. The number of methoxy groups -OCH3 is 2. The van der Waals surface area contributed by atoms with Gasteiger partial charge < -0.3 is 25.0 Å². The molecule has 0 unspecified atom stereocenters. The number of hydrogen-bond acceptors (Lipinski definition) is 4. The number of carbonyl (C=O) groups excluding carboxylic acids is 2. The number of rotatable bonds is 7. The van der Waals surface area contributed by atoms with E-state index in [1.165, 1.54) is 19.1 Å². The zero-order valence-corrected chi connectivity index (χ0v) is 16.2. The summed E-state index contributed by atoms with van der Waals surface area (Å²) < 4.78 is 10.8. The Bertz CT molecular complexity index is 833. The van der Waals surface area contributed by atoms with Crippen molar-refractivity contribution in [3.05, 3.63) is 48.0 Å². The lowest BCUT2D eigenvalue weighted by Gasteiger charge is -2.17. The fourth-order valence-corrected chi connectivity index (χ4v) is 3.35. The third-order valence-electron chi connectivity index (χ3n) is 4.80. The van der Waals surface area contributed by atoms with Crippen LogP contribution in [0, 0.1) is 0 Å². The maximum absolute atomic E-state index is 12.5. The molecule has 7 nitrogen and oxygen atoms in total. The summed E-state index contributed by atoms with van der Waals surface area (Å²) in [6.45, 7) is 2.48. The molecule has 0 aromatic heterocycles. The Labute approximate surface area is 164 Å². The first-order chi connectivity index (χ1) is 13.6. The first kappa shape index (κ1) is 19.7. The fraction of sp³-hybridized carbons (Fsp3) is 0.333. The van der Waals surface area contributed by atoms with Crippen molar-refractivity contribution in [2.45, 2.75) is 12.8 Å². The highest BCUT2D eigenvalue weighted by Crippen LogP contribution is 2.36. The highest BCUT2D eigenvalue weighted by Gasteiger charge is 2.21. The average molecular weight is 384 g/mol. The smallest absolute Gasteiger partial charge is 0.279 e. The van der Waals surface area contributed by atoms with E-state index in [2.05, 4.69) is 10.6 Å². The summed E-state index contributed by atoms with van der Waals surface area (Å²) in [5.74, 6) is 0.566. The summed E-state index contributed by atoms with van der Waals surface area (Å²) in [5, 5.41) is 5.73. The summed E-state index contributed by atoms with van der Waals surface area (Å²) >= 11 is 0. The molecule has 1 fully saturated rings. The summed E-state index contributed by atoms with van der Waals surface area (Å²) in [6, 6.07) is 12.2. The highest BCUT2D eigenvalue weighted by molar-refractivity contribution is 6.05. The molecule has 0 aliphatic carbocycles. The van der Waals surface area contributed by atoms with E-state index in [0.717, 1.165) is 25.9 Å². The summed E-state index contributed by atoms with van der Waals surface area (Å²) in [5.41, 5.74) is 1.52. The second-order valence-electron chi connectivity index (χ2n) is 6.75. The van der Waals surface area contributed by atoms with E-state index in [0.29, 0.717) is 35.0 Å². The molecule has 7 heteroatoms. The number of carbonyl (C=O) groups is 2. The Morgan fingerprint density at radius 1 is 0.929 bits per heavy atom. The van der Waals surface area contributed by atoms with Gasteiger partial charge in [0.15, 0.2) is 6.54 Å². The zero-order chi connectivity index (χ0) is 19.9. The molecule has 3 N–H and O–H groups in total. The van der Waals surface area contributed by atoms with Crippen molar-refractivity contribution in [3.63, 3.8) is 0 Å². The molecular formula is C21H26N3O4+. The second-order valence-corrected chi connectivity index (χ2v) is 6.75. The van der Waals surface area contributed by atoms with E-state index in [4.69, 9.17) is 9.47 Å². The van der Waals surface area contributed by atoms with Gasteiger partial charge >= 0.3 is 0 Å². The van der Waals surface area contributed by atoms with Crippen LogP contribution in [0.4, 0.5) is 11.4 Å². The van der Waals surface area contributed by atoms with Crippen LogP contribution in [0.5, 0.6) is 11.5 Å². The minimum atomic E-state index is -0.254. The van der Waals surface area contributed by atoms with Crippen LogP contribution in [0.3, 0.4) is 0 Å². The van der Waals surface area contributed by atoms with Crippen molar-refractivity contribution in [1.29, 1.82) is 0 Å². The van der Waals surface area contributed by atoms with Gasteiger partial charge in [-0.15, -0.1) is 0 Å². The lowest BCUT2D eigenvalue weighted by atomic mass is 10.2. The van der Waals surface area contributed by atoms with Crippen molar-refractivity contribution >= 4 is 23.2 Å². The van der Waals surface area contributed by atoms with Crippen LogP contribution in [-0.2, 0) is 4.79 Å². The molecule has 0 saturated carbocycles. The van der Waals surface area contributed by atoms with E-state index in [1.54, 1.807) is 36.4 Å². The van der Waals surface area contributed by atoms with Crippen molar-refractivity contribution in [2.24, 2.45) is 0 Å². The molecule has 1 aliphatic heterocycles. The lowest BCUT2D eigenvalue weighted by molar-refractivity contribution is -0.878. The topological polar surface area (TPSA) is 81.1 Å².